The number of hydrogen-bond acceptors (Lipinski definition) is 3. The molecule has 0 aliphatic rings. The standard InChI is InChI=1S/C23H21Cl2N3O2/c24-14-18-6-1-4-16(10-18)12-22(29)27-20-8-3-9-21(26-20)28-23(30)13-17-5-2-7-19(11-17)15-25/h1-11H,12-15H2,(H2,26,27,28,29,30). The van der Waals surface area contributed by atoms with E-state index in [9.17, 15) is 9.59 Å². The Labute approximate surface area is 185 Å². The van der Waals surface area contributed by atoms with Crippen LogP contribution in [-0.4, -0.2) is 16.8 Å². The van der Waals surface area contributed by atoms with Crippen molar-refractivity contribution in [1.29, 1.82) is 0 Å². The number of aromatic nitrogens is 1. The topological polar surface area (TPSA) is 71.1 Å². The second kappa shape index (κ2) is 10.8. The number of rotatable bonds is 8. The van der Waals surface area contributed by atoms with Crippen molar-refractivity contribution in [3.63, 3.8) is 0 Å². The minimum Gasteiger partial charge on any atom is -0.310 e. The largest absolute Gasteiger partial charge is 0.310 e. The maximum absolute atomic E-state index is 12.3. The fourth-order valence-corrected chi connectivity index (χ4v) is 3.30. The molecule has 0 aliphatic heterocycles. The number of nitrogens with one attached hydrogen (secondary N) is 2. The number of hydrogen-bond donors (Lipinski definition) is 2. The molecule has 7 heteroatoms. The van der Waals surface area contributed by atoms with Crippen molar-refractivity contribution in [3.05, 3.63) is 89.0 Å². The molecule has 1 aromatic heterocycles. The van der Waals surface area contributed by atoms with Crippen molar-refractivity contribution in [2.75, 3.05) is 10.6 Å². The van der Waals surface area contributed by atoms with Crippen LogP contribution in [0.5, 0.6) is 0 Å². The summed E-state index contributed by atoms with van der Waals surface area (Å²) in [5.74, 6) is 1.14. The fraction of sp³-hybridized carbons (Fsp3) is 0.174. The van der Waals surface area contributed by atoms with Crippen LogP contribution in [0, 0.1) is 0 Å². The molecule has 0 radical (unpaired) electrons. The number of alkyl halides is 2. The Hall–Kier alpha value is -2.89. The molecule has 30 heavy (non-hydrogen) atoms. The molecule has 0 atom stereocenters. The van der Waals surface area contributed by atoms with Crippen molar-refractivity contribution in [3.8, 4) is 0 Å². The van der Waals surface area contributed by atoms with Crippen molar-refractivity contribution in [2.24, 2.45) is 0 Å². The van der Waals surface area contributed by atoms with Crippen LogP contribution in [0.1, 0.15) is 22.3 Å². The van der Waals surface area contributed by atoms with Crippen LogP contribution in [0.15, 0.2) is 66.7 Å². The van der Waals surface area contributed by atoms with Gasteiger partial charge in [0.25, 0.3) is 0 Å². The quantitative estimate of drug-likeness (QED) is 0.487. The third kappa shape index (κ3) is 6.58. The number of anilines is 2. The second-order valence-corrected chi connectivity index (χ2v) is 7.30. The molecule has 2 amide bonds. The molecular formula is C23H21Cl2N3O2. The highest BCUT2D eigenvalue weighted by Crippen LogP contribution is 2.13. The minimum atomic E-state index is -0.199. The highest BCUT2D eigenvalue weighted by atomic mass is 35.5. The van der Waals surface area contributed by atoms with E-state index in [0.29, 0.717) is 23.4 Å². The SMILES string of the molecule is O=C(Cc1cccc(CCl)c1)Nc1cccc(NC(=O)Cc2cccc(CCl)c2)n1. The van der Waals surface area contributed by atoms with E-state index in [-0.39, 0.29) is 24.7 Å². The number of benzene rings is 2. The molecule has 154 valence electrons. The molecule has 0 bridgehead atoms. The summed E-state index contributed by atoms with van der Waals surface area (Å²) in [6.07, 6.45) is 0.416. The predicted octanol–water partition coefficient (Wildman–Crippen LogP) is 4.92. The first-order chi connectivity index (χ1) is 14.6. The number of carbonyl (C=O) groups is 2. The maximum Gasteiger partial charge on any atom is 0.229 e. The van der Waals surface area contributed by atoms with Gasteiger partial charge in [-0.1, -0.05) is 54.6 Å². The number of pyridine rings is 1. The summed E-state index contributed by atoms with van der Waals surface area (Å²) in [4.78, 5) is 29.0. The van der Waals surface area contributed by atoms with E-state index in [1.165, 1.54) is 0 Å². The van der Waals surface area contributed by atoms with Gasteiger partial charge in [0.2, 0.25) is 11.8 Å². The van der Waals surface area contributed by atoms with Gasteiger partial charge in [-0.2, -0.15) is 0 Å². The molecule has 0 saturated heterocycles. The lowest BCUT2D eigenvalue weighted by Gasteiger charge is -2.09. The van der Waals surface area contributed by atoms with Crippen molar-refractivity contribution in [2.45, 2.75) is 24.6 Å². The Bertz CT molecular complexity index is 961. The molecule has 0 unspecified atom stereocenters. The molecule has 0 saturated carbocycles. The summed E-state index contributed by atoms with van der Waals surface area (Å²) in [5, 5.41) is 5.51. The van der Waals surface area contributed by atoms with E-state index in [2.05, 4.69) is 15.6 Å². The first-order valence-corrected chi connectivity index (χ1v) is 10.5. The van der Waals surface area contributed by atoms with Gasteiger partial charge in [-0.25, -0.2) is 4.98 Å². The zero-order valence-corrected chi connectivity index (χ0v) is 17.7. The average molecular weight is 442 g/mol. The van der Waals surface area contributed by atoms with Crippen LogP contribution in [-0.2, 0) is 34.2 Å². The maximum atomic E-state index is 12.3. The first-order valence-electron chi connectivity index (χ1n) is 9.40. The van der Waals surface area contributed by atoms with E-state index >= 15 is 0 Å². The van der Waals surface area contributed by atoms with E-state index in [1.54, 1.807) is 18.2 Å². The predicted molar refractivity (Wildman–Crippen MR) is 121 cm³/mol. The van der Waals surface area contributed by atoms with E-state index < -0.39 is 0 Å². The summed E-state index contributed by atoms with van der Waals surface area (Å²) in [5.41, 5.74) is 3.66. The van der Waals surface area contributed by atoms with E-state index in [1.807, 2.05) is 48.5 Å². The molecule has 2 aromatic carbocycles. The molecule has 0 aliphatic carbocycles. The normalized spacial score (nSPS) is 10.5. The van der Waals surface area contributed by atoms with Gasteiger partial charge in [-0.3, -0.25) is 9.59 Å². The van der Waals surface area contributed by atoms with Crippen molar-refractivity contribution < 1.29 is 9.59 Å². The van der Waals surface area contributed by atoms with Gasteiger partial charge in [0.05, 0.1) is 12.8 Å². The summed E-state index contributed by atoms with van der Waals surface area (Å²) >= 11 is 11.7. The molecule has 5 nitrogen and oxygen atoms in total. The Morgan fingerprint density at radius 1 is 0.667 bits per heavy atom. The molecule has 3 rings (SSSR count). The highest BCUT2D eigenvalue weighted by Gasteiger charge is 2.09. The minimum absolute atomic E-state index is 0.199. The first kappa shape index (κ1) is 21.8. The van der Waals surface area contributed by atoms with Gasteiger partial charge in [-0.05, 0) is 34.4 Å². The van der Waals surface area contributed by atoms with Gasteiger partial charge in [-0.15, -0.1) is 23.2 Å². The summed E-state index contributed by atoms with van der Waals surface area (Å²) in [7, 11) is 0. The van der Waals surface area contributed by atoms with Crippen LogP contribution in [0.2, 0.25) is 0 Å². The molecule has 0 spiro atoms. The van der Waals surface area contributed by atoms with Gasteiger partial charge in [0.15, 0.2) is 0 Å². The zero-order valence-electron chi connectivity index (χ0n) is 16.2. The fourth-order valence-electron chi connectivity index (χ4n) is 2.96. The average Bonchev–Trinajstić information content (AvgIpc) is 2.74. The van der Waals surface area contributed by atoms with Crippen molar-refractivity contribution >= 4 is 46.7 Å². The highest BCUT2D eigenvalue weighted by molar-refractivity contribution is 6.17. The lowest BCUT2D eigenvalue weighted by Crippen LogP contribution is -2.18. The number of amides is 2. The molecule has 1 heterocycles. The number of carbonyl (C=O) groups excluding carboxylic acids is 2. The van der Waals surface area contributed by atoms with Gasteiger partial charge < -0.3 is 10.6 Å². The summed E-state index contributed by atoms with van der Waals surface area (Å²) in [6.45, 7) is 0. The third-order valence-corrected chi connectivity index (χ3v) is 4.92. The molecule has 0 fully saturated rings. The Morgan fingerprint density at radius 2 is 1.07 bits per heavy atom. The lowest BCUT2D eigenvalue weighted by atomic mass is 10.1. The van der Waals surface area contributed by atoms with Crippen LogP contribution < -0.4 is 10.6 Å². The Kier molecular flexibility index (Phi) is 7.82. The summed E-state index contributed by atoms with van der Waals surface area (Å²) in [6, 6.07) is 20.2. The van der Waals surface area contributed by atoms with Crippen molar-refractivity contribution in [1.82, 2.24) is 4.98 Å². The smallest absolute Gasteiger partial charge is 0.229 e. The molecular weight excluding hydrogens is 421 g/mol. The second-order valence-electron chi connectivity index (χ2n) is 6.77. The van der Waals surface area contributed by atoms with Gasteiger partial charge >= 0.3 is 0 Å². The van der Waals surface area contributed by atoms with E-state index in [4.69, 9.17) is 23.2 Å². The number of halogens is 2. The van der Waals surface area contributed by atoms with Crippen LogP contribution >= 0.6 is 23.2 Å². The molecule has 2 N–H and O–H groups in total. The van der Waals surface area contributed by atoms with Gasteiger partial charge in [0, 0.05) is 11.8 Å². The zero-order chi connectivity index (χ0) is 21.3. The van der Waals surface area contributed by atoms with E-state index in [0.717, 1.165) is 22.3 Å². The van der Waals surface area contributed by atoms with Gasteiger partial charge in [0.1, 0.15) is 11.6 Å². The van der Waals surface area contributed by atoms with Crippen LogP contribution in [0.4, 0.5) is 11.6 Å². The summed E-state index contributed by atoms with van der Waals surface area (Å²) < 4.78 is 0. The Morgan fingerprint density at radius 3 is 1.50 bits per heavy atom. The Balaban J connectivity index is 1.58. The monoisotopic (exact) mass is 441 g/mol. The third-order valence-electron chi connectivity index (χ3n) is 4.30. The lowest BCUT2D eigenvalue weighted by molar-refractivity contribution is -0.116. The molecule has 3 aromatic rings. The number of nitrogens with zero attached hydrogens (tertiary/aromatic N) is 1. The van der Waals surface area contributed by atoms with Crippen LogP contribution in [0.3, 0.4) is 0 Å². The van der Waals surface area contributed by atoms with Crippen LogP contribution in [0.25, 0.3) is 0 Å².